The van der Waals surface area contributed by atoms with Crippen LogP contribution in [0.3, 0.4) is 0 Å². The number of halogens is 1. The molecule has 102 valence electrons. The summed E-state index contributed by atoms with van der Waals surface area (Å²) < 4.78 is 18.8. The van der Waals surface area contributed by atoms with Gasteiger partial charge in [-0.2, -0.15) is 0 Å². The van der Waals surface area contributed by atoms with Gasteiger partial charge in [-0.1, -0.05) is 0 Å². The summed E-state index contributed by atoms with van der Waals surface area (Å²) in [6.45, 7) is 2.37. The van der Waals surface area contributed by atoms with E-state index < -0.39 is 23.6 Å². The van der Waals surface area contributed by atoms with E-state index in [9.17, 15) is 14.0 Å². The number of hydrogen-bond donors (Lipinski definition) is 1. The average molecular weight is 267 g/mol. The van der Waals surface area contributed by atoms with E-state index in [0.29, 0.717) is 12.3 Å². The highest BCUT2D eigenvalue weighted by atomic mass is 19.1. The molecule has 5 nitrogen and oxygen atoms in total. The molecule has 0 aliphatic carbocycles. The van der Waals surface area contributed by atoms with Crippen LogP contribution in [0.25, 0.3) is 0 Å². The topological polar surface area (TPSA) is 66.8 Å². The minimum atomic E-state index is -1.14. The van der Waals surface area contributed by atoms with Gasteiger partial charge in [-0.05, 0) is 25.5 Å². The lowest BCUT2D eigenvalue weighted by molar-refractivity contribution is -0.144. The second-order valence-corrected chi connectivity index (χ2v) is 4.22. The smallest absolute Gasteiger partial charge is 0.316 e. The largest absolute Gasteiger partial charge is 0.491 e. The van der Waals surface area contributed by atoms with Crippen molar-refractivity contribution < 1.29 is 23.8 Å². The van der Waals surface area contributed by atoms with Crippen molar-refractivity contribution in [1.82, 2.24) is 0 Å². The Hall–Kier alpha value is -2.11. The number of carboxylic acids is 1. The number of carbonyl (C=O) groups is 2. The minimum Gasteiger partial charge on any atom is -0.491 e. The van der Waals surface area contributed by atoms with Gasteiger partial charge >= 0.3 is 5.97 Å². The molecule has 1 amide bonds. The van der Waals surface area contributed by atoms with Crippen LogP contribution in [-0.4, -0.2) is 30.1 Å². The fourth-order valence-electron chi connectivity index (χ4n) is 2.10. The fourth-order valence-corrected chi connectivity index (χ4v) is 2.10. The molecule has 1 atom stereocenters. The van der Waals surface area contributed by atoms with Gasteiger partial charge in [0.2, 0.25) is 5.91 Å². The Morgan fingerprint density at radius 3 is 2.84 bits per heavy atom. The first-order valence-corrected chi connectivity index (χ1v) is 6.01. The third-order valence-electron chi connectivity index (χ3n) is 3.03. The summed E-state index contributed by atoms with van der Waals surface area (Å²) in [5, 5.41) is 8.88. The van der Waals surface area contributed by atoms with Gasteiger partial charge in [0.25, 0.3) is 0 Å². The van der Waals surface area contributed by atoms with Crippen LogP contribution in [0.5, 0.6) is 5.75 Å². The van der Waals surface area contributed by atoms with Crippen LogP contribution in [0, 0.1) is 11.7 Å². The van der Waals surface area contributed by atoms with Gasteiger partial charge < -0.3 is 14.7 Å². The fraction of sp³-hybridized carbons (Fsp3) is 0.385. The SMILES string of the molecule is CCOc1ccc(N2CCC(C(=O)O)C2=O)cc1F. The number of rotatable bonds is 4. The number of anilines is 1. The van der Waals surface area contributed by atoms with E-state index in [1.54, 1.807) is 13.0 Å². The number of nitrogens with zero attached hydrogens (tertiary/aromatic N) is 1. The molecule has 0 saturated carbocycles. The van der Waals surface area contributed by atoms with Crippen LogP contribution in [0.4, 0.5) is 10.1 Å². The van der Waals surface area contributed by atoms with Gasteiger partial charge in [0.15, 0.2) is 11.6 Å². The maximum atomic E-state index is 13.7. The second-order valence-electron chi connectivity index (χ2n) is 4.22. The van der Waals surface area contributed by atoms with Crippen molar-refractivity contribution in [2.45, 2.75) is 13.3 Å². The van der Waals surface area contributed by atoms with E-state index in [0.717, 1.165) is 0 Å². The first-order valence-electron chi connectivity index (χ1n) is 6.01. The van der Waals surface area contributed by atoms with E-state index in [1.165, 1.54) is 17.0 Å². The molecule has 19 heavy (non-hydrogen) atoms. The maximum absolute atomic E-state index is 13.7. The van der Waals surface area contributed by atoms with Crippen molar-refractivity contribution in [3.63, 3.8) is 0 Å². The van der Waals surface area contributed by atoms with Gasteiger partial charge in [0.05, 0.1) is 6.61 Å². The van der Waals surface area contributed by atoms with Crippen LogP contribution in [-0.2, 0) is 9.59 Å². The summed E-state index contributed by atoms with van der Waals surface area (Å²) in [4.78, 5) is 24.0. The van der Waals surface area contributed by atoms with Gasteiger partial charge in [-0.15, -0.1) is 0 Å². The zero-order valence-electron chi connectivity index (χ0n) is 10.4. The number of aliphatic carboxylic acids is 1. The molecular weight excluding hydrogens is 253 g/mol. The molecule has 0 aromatic heterocycles. The van der Waals surface area contributed by atoms with Crippen LogP contribution < -0.4 is 9.64 Å². The Labute approximate surface area is 109 Å². The Bertz CT molecular complexity index is 517. The summed E-state index contributed by atoms with van der Waals surface area (Å²) in [5.41, 5.74) is 0.356. The molecular formula is C13H14FNO4. The Balaban J connectivity index is 2.22. The zero-order valence-corrected chi connectivity index (χ0v) is 10.4. The average Bonchev–Trinajstić information content (AvgIpc) is 2.74. The first-order chi connectivity index (χ1) is 9.04. The molecule has 1 aromatic carbocycles. The summed E-state index contributed by atoms with van der Waals surface area (Å²) >= 11 is 0. The predicted octanol–water partition coefficient (Wildman–Crippen LogP) is 1.66. The molecule has 0 bridgehead atoms. The van der Waals surface area contributed by atoms with Crippen molar-refractivity contribution in [1.29, 1.82) is 0 Å². The van der Waals surface area contributed by atoms with Crippen molar-refractivity contribution >= 4 is 17.6 Å². The Morgan fingerprint density at radius 2 is 2.32 bits per heavy atom. The van der Waals surface area contributed by atoms with E-state index in [4.69, 9.17) is 9.84 Å². The van der Waals surface area contributed by atoms with Gasteiger partial charge in [0.1, 0.15) is 5.92 Å². The van der Waals surface area contributed by atoms with Crippen molar-refractivity contribution in [2.24, 2.45) is 5.92 Å². The summed E-state index contributed by atoms with van der Waals surface area (Å²) in [6.07, 6.45) is 0.239. The van der Waals surface area contributed by atoms with Gasteiger partial charge in [-0.25, -0.2) is 4.39 Å². The molecule has 1 fully saturated rings. The number of amides is 1. The zero-order chi connectivity index (χ0) is 14.0. The number of ether oxygens (including phenoxy) is 1. The number of benzene rings is 1. The molecule has 1 heterocycles. The Morgan fingerprint density at radius 1 is 1.58 bits per heavy atom. The number of carbonyl (C=O) groups excluding carboxylic acids is 1. The standard InChI is InChI=1S/C13H14FNO4/c1-2-19-11-4-3-8(7-10(11)14)15-6-5-9(12(15)16)13(17)18/h3-4,7,9H,2,5-6H2,1H3,(H,17,18). The third kappa shape index (κ3) is 2.52. The summed E-state index contributed by atoms with van der Waals surface area (Å²) in [6, 6.07) is 4.18. The van der Waals surface area contributed by atoms with Crippen molar-refractivity contribution in [2.75, 3.05) is 18.1 Å². The molecule has 1 unspecified atom stereocenters. The van der Waals surface area contributed by atoms with E-state index in [1.807, 2.05) is 0 Å². The Kier molecular flexibility index (Phi) is 3.69. The summed E-state index contributed by atoms with van der Waals surface area (Å²) in [7, 11) is 0. The van der Waals surface area contributed by atoms with Crippen molar-refractivity contribution in [3.05, 3.63) is 24.0 Å². The molecule has 1 aliphatic heterocycles. The molecule has 2 rings (SSSR count). The number of hydrogen-bond acceptors (Lipinski definition) is 3. The van der Waals surface area contributed by atoms with E-state index in [-0.39, 0.29) is 18.7 Å². The molecule has 1 saturated heterocycles. The van der Waals surface area contributed by atoms with Gasteiger partial charge in [-0.3, -0.25) is 9.59 Å². The second kappa shape index (κ2) is 5.26. The van der Waals surface area contributed by atoms with Crippen LogP contribution in [0.2, 0.25) is 0 Å². The van der Waals surface area contributed by atoms with E-state index >= 15 is 0 Å². The minimum absolute atomic E-state index is 0.118. The highest BCUT2D eigenvalue weighted by Crippen LogP contribution is 2.29. The molecule has 1 aromatic rings. The van der Waals surface area contributed by atoms with Gasteiger partial charge in [0, 0.05) is 18.3 Å². The van der Waals surface area contributed by atoms with E-state index in [2.05, 4.69) is 0 Å². The van der Waals surface area contributed by atoms with Crippen LogP contribution in [0.1, 0.15) is 13.3 Å². The monoisotopic (exact) mass is 267 g/mol. The molecule has 1 aliphatic rings. The molecule has 1 N–H and O–H groups in total. The third-order valence-corrected chi connectivity index (χ3v) is 3.03. The first kappa shape index (κ1) is 13.3. The lowest BCUT2D eigenvalue weighted by Crippen LogP contribution is -2.30. The molecule has 0 radical (unpaired) electrons. The lowest BCUT2D eigenvalue weighted by atomic mass is 10.1. The van der Waals surface area contributed by atoms with Crippen LogP contribution in [0.15, 0.2) is 18.2 Å². The summed E-state index contributed by atoms with van der Waals surface area (Å²) in [5.74, 6) is -3.12. The quantitative estimate of drug-likeness (QED) is 0.842. The maximum Gasteiger partial charge on any atom is 0.316 e. The lowest BCUT2D eigenvalue weighted by Gasteiger charge is -2.17. The molecule has 0 spiro atoms. The highest BCUT2D eigenvalue weighted by Gasteiger charge is 2.37. The molecule has 6 heteroatoms. The van der Waals surface area contributed by atoms with Crippen molar-refractivity contribution in [3.8, 4) is 5.75 Å². The predicted molar refractivity (Wildman–Crippen MR) is 65.7 cm³/mol. The van der Waals surface area contributed by atoms with Crippen LogP contribution >= 0.6 is 0 Å². The highest BCUT2D eigenvalue weighted by molar-refractivity contribution is 6.07. The number of carboxylic acid groups (broad SMARTS) is 1. The normalized spacial score (nSPS) is 18.7.